The molecule has 0 aliphatic carbocycles. The van der Waals surface area contributed by atoms with Crippen molar-refractivity contribution in [2.45, 2.75) is 6.92 Å². The molecule has 66 valence electrons. The van der Waals surface area contributed by atoms with Crippen molar-refractivity contribution in [3.8, 4) is 5.75 Å². The van der Waals surface area contributed by atoms with Crippen LogP contribution in [-0.2, 0) is 11.8 Å². The van der Waals surface area contributed by atoms with Gasteiger partial charge < -0.3 is 4.52 Å². The lowest BCUT2D eigenvalue weighted by Gasteiger charge is -2.13. The fourth-order valence-electron chi connectivity index (χ4n) is 0.853. The molecule has 0 saturated heterocycles. The van der Waals surface area contributed by atoms with Gasteiger partial charge in [-0.05, 0) is 32.4 Å². The summed E-state index contributed by atoms with van der Waals surface area (Å²) in [7, 11) is 0. The molecule has 0 heterocycles. The molecule has 0 bridgehead atoms. The summed E-state index contributed by atoms with van der Waals surface area (Å²) in [4.78, 5) is 0. The van der Waals surface area contributed by atoms with Gasteiger partial charge in [0.15, 0.2) is 0 Å². The van der Waals surface area contributed by atoms with E-state index in [0.29, 0.717) is 0 Å². The molecule has 1 rings (SSSR count). The fraction of sp³-hybridized carbons (Fsp3) is 0.333. The third kappa shape index (κ3) is 3.38. The molecule has 0 aromatic heterocycles. The van der Waals surface area contributed by atoms with E-state index in [0.717, 1.165) is 5.75 Å². The molecule has 1 nitrogen and oxygen atoms in total. The molecule has 0 aliphatic rings. The van der Waals surface area contributed by atoms with E-state index in [4.69, 9.17) is 16.3 Å². The van der Waals surface area contributed by atoms with E-state index in [9.17, 15) is 0 Å². The first kappa shape index (κ1) is 9.76. The van der Waals surface area contributed by atoms with Gasteiger partial charge in [0, 0.05) is 0 Å². The molecule has 0 atom stereocenters. The maximum absolute atomic E-state index is 5.58. The van der Waals surface area contributed by atoms with Crippen LogP contribution in [-0.4, -0.2) is 13.3 Å². The van der Waals surface area contributed by atoms with E-state index in [1.807, 2.05) is 37.6 Å². The molecule has 0 amide bonds. The van der Waals surface area contributed by atoms with Crippen molar-refractivity contribution >= 4 is 18.1 Å². The Morgan fingerprint density at radius 1 is 1.17 bits per heavy atom. The van der Waals surface area contributed by atoms with Crippen LogP contribution in [0.2, 0.25) is 0 Å². The van der Waals surface area contributed by atoms with Crippen LogP contribution < -0.4 is 4.52 Å². The van der Waals surface area contributed by atoms with Crippen LogP contribution in [0.3, 0.4) is 0 Å². The summed E-state index contributed by atoms with van der Waals surface area (Å²) >= 11 is 5.19. The second kappa shape index (κ2) is 3.59. The highest BCUT2D eigenvalue weighted by molar-refractivity contribution is 8.11. The monoisotopic (exact) mass is 200 g/mol. The number of hydrogen-bond acceptors (Lipinski definition) is 2. The van der Waals surface area contributed by atoms with Crippen molar-refractivity contribution in [3.63, 3.8) is 0 Å². The average molecular weight is 200 g/mol. The summed E-state index contributed by atoms with van der Waals surface area (Å²) in [6.07, 6.45) is -1.57. The predicted molar refractivity (Wildman–Crippen MR) is 57.9 cm³/mol. The molecule has 3 heteroatoms. The van der Waals surface area contributed by atoms with Gasteiger partial charge in [0.05, 0.1) is 0 Å². The zero-order valence-corrected chi connectivity index (χ0v) is 9.28. The Labute approximate surface area is 78.8 Å². The first-order valence-electron chi connectivity index (χ1n) is 3.79. The predicted octanol–water partition coefficient (Wildman–Crippen LogP) is 3.03. The minimum absolute atomic E-state index is 0.883. The van der Waals surface area contributed by atoms with Crippen LogP contribution in [0.15, 0.2) is 24.3 Å². The standard InChI is InChI=1S/C9H13OPS/c1-8-4-6-9(7-5-8)10-11(2,3)12/h4-7H,1-3H3. The van der Waals surface area contributed by atoms with Gasteiger partial charge in [-0.1, -0.05) is 29.5 Å². The van der Waals surface area contributed by atoms with Gasteiger partial charge in [0.2, 0.25) is 0 Å². The van der Waals surface area contributed by atoms with Crippen LogP contribution in [0.1, 0.15) is 5.56 Å². The molecule has 0 saturated carbocycles. The SMILES string of the molecule is Cc1ccc(OP(C)(C)=S)cc1. The Morgan fingerprint density at radius 3 is 2.08 bits per heavy atom. The van der Waals surface area contributed by atoms with Crippen LogP contribution in [0.5, 0.6) is 5.75 Å². The van der Waals surface area contributed by atoms with Crippen molar-refractivity contribution in [3.05, 3.63) is 29.8 Å². The number of aryl methyl sites for hydroxylation is 1. The van der Waals surface area contributed by atoms with Crippen LogP contribution in [0.4, 0.5) is 0 Å². The lowest BCUT2D eigenvalue weighted by atomic mass is 10.2. The maximum Gasteiger partial charge on any atom is 0.124 e. The van der Waals surface area contributed by atoms with Gasteiger partial charge in [-0.2, -0.15) is 0 Å². The van der Waals surface area contributed by atoms with E-state index < -0.39 is 6.26 Å². The lowest BCUT2D eigenvalue weighted by molar-refractivity contribution is 0.621. The fourth-order valence-corrected chi connectivity index (χ4v) is 1.74. The quantitative estimate of drug-likeness (QED) is 0.679. The van der Waals surface area contributed by atoms with Gasteiger partial charge >= 0.3 is 0 Å². The topological polar surface area (TPSA) is 9.23 Å². The third-order valence-electron chi connectivity index (χ3n) is 1.35. The lowest BCUT2D eigenvalue weighted by Crippen LogP contribution is -1.87. The Bertz CT molecular complexity index is 299. The van der Waals surface area contributed by atoms with Crippen LogP contribution in [0, 0.1) is 6.92 Å². The smallest absolute Gasteiger partial charge is 0.124 e. The largest absolute Gasteiger partial charge is 0.467 e. The third-order valence-corrected chi connectivity index (χ3v) is 2.22. The van der Waals surface area contributed by atoms with E-state index in [1.54, 1.807) is 0 Å². The number of benzene rings is 1. The van der Waals surface area contributed by atoms with Gasteiger partial charge in [0.25, 0.3) is 0 Å². The zero-order valence-electron chi connectivity index (χ0n) is 7.57. The molecule has 0 unspecified atom stereocenters. The second-order valence-corrected chi connectivity index (χ2v) is 8.48. The van der Waals surface area contributed by atoms with Crippen molar-refractivity contribution in [2.24, 2.45) is 0 Å². The first-order valence-corrected chi connectivity index (χ1v) is 7.40. The molecular formula is C9H13OPS. The summed E-state index contributed by atoms with van der Waals surface area (Å²) in [5, 5.41) is 0. The maximum atomic E-state index is 5.58. The summed E-state index contributed by atoms with van der Waals surface area (Å²) in [6.45, 7) is 6.00. The average Bonchev–Trinajstić information content (AvgIpc) is 1.91. The van der Waals surface area contributed by atoms with E-state index >= 15 is 0 Å². The van der Waals surface area contributed by atoms with Crippen LogP contribution >= 0.6 is 6.26 Å². The first-order chi connectivity index (χ1) is 5.47. The van der Waals surface area contributed by atoms with Crippen molar-refractivity contribution < 1.29 is 4.52 Å². The van der Waals surface area contributed by atoms with Crippen molar-refractivity contribution in [1.29, 1.82) is 0 Å². The Kier molecular flexibility index (Phi) is 2.92. The summed E-state index contributed by atoms with van der Waals surface area (Å²) in [5.41, 5.74) is 1.24. The molecule has 1 aromatic rings. The molecule has 12 heavy (non-hydrogen) atoms. The van der Waals surface area contributed by atoms with Crippen molar-refractivity contribution in [2.75, 3.05) is 13.3 Å². The molecule has 0 radical (unpaired) electrons. The minimum Gasteiger partial charge on any atom is -0.467 e. The zero-order chi connectivity index (χ0) is 9.19. The number of rotatable bonds is 2. The van der Waals surface area contributed by atoms with E-state index in [-0.39, 0.29) is 0 Å². The summed E-state index contributed by atoms with van der Waals surface area (Å²) in [5.74, 6) is 0.883. The summed E-state index contributed by atoms with van der Waals surface area (Å²) in [6, 6.07) is 7.98. The second-order valence-electron chi connectivity index (χ2n) is 3.16. The molecular weight excluding hydrogens is 187 g/mol. The normalized spacial score (nSPS) is 11.2. The highest BCUT2D eigenvalue weighted by Gasteiger charge is 2.02. The molecule has 0 aliphatic heterocycles. The Hall–Kier alpha value is -0.330. The van der Waals surface area contributed by atoms with Gasteiger partial charge in [-0.15, -0.1) is 0 Å². The Morgan fingerprint density at radius 2 is 1.67 bits per heavy atom. The highest BCUT2D eigenvalue weighted by Crippen LogP contribution is 2.38. The number of hydrogen-bond donors (Lipinski definition) is 0. The van der Waals surface area contributed by atoms with E-state index in [2.05, 4.69) is 6.92 Å². The minimum atomic E-state index is -1.57. The van der Waals surface area contributed by atoms with Crippen molar-refractivity contribution in [1.82, 2.24) is 0 Å². The highest BCUT2D eigenvalue weighted by atomic mass is 32.4. The van der Waals surface area contributed by atoms with Gasteiger partial charge in [0.1, 0.15) is 12.0 Å². The summed E-state index contributed by atoms with van der Waals surface area (Å²) < 4.78 is 5.58. The van der Waals surface area contributed by atoms with Crippen LogP contribution in [0.25, 0.3) is 0 Å². The van der Waals surface area contributed by atoms with Gasteiger partial charge in [-0.3, -0.25) is 0 Å². The molecule has 1 aromatic carbocycles. The molecule has 0 N–H and O–H groups in total. The Balaban J connectivity index is 2.78. The van der Waals surface area contributed by atoms with Gasteiger partial charge in [-0.25, -0.2) is 0 Å². The molecule has 0 spiro atoms. The molecule has 0 fully saturated rings. The van der Waals surface area contributed by atoms with E-state index in [1.165, 1.54) is 5.56 Å².